The second-order valence-corrected chi connectivity index (χ2v) is 10.8. The van der Waals surface area contributed by atoms with Crippen molar-refractivity contribution in [2.75, 3.05) is 38.5 Å². The van der Waals surface area contributed by atoms with Gasteiger partial charge in [0.05, 0.1) is 0 Å². The van der Waals surface area contributed by atoms with Gasteiger partial charge in [-0.2, -0.15) is 0 Å². The SMILES string of the molecule is Cc1c(CN2CCN(C(=O)C3CCCC3)[C@@H](C)C2)cc(Cl)cc1NC(=O)C[C@H]1CCN(C)C1=O. The minimum absolute atomic E-state index is 0.0401. The van der Waals surface area contributed by atoms with E-state index < -0.39 is 0 Å². The summed E-state index contributed by atoms with van der Waals surface area (Å²) in [6.45, 7) is 7.96. The van der Waals surface area contributed by atoms with Crippen LogP contribution < -0.4 is 5.32 Å². The van der Waals surface area contributed by atoms with Crippen molar-refractivity contribution in [2.45, 2.75) is 65.0 Å². The van der Waals surface area contributed by atoms with Crippen molar-refractivity contribution in [3.8, 4) is 0 Å². The van der Waals surface area contributed by atoms with Gasteiger partial charge in [-0.25, -0.2) is 0 Å². The Morgan fingerprint density at radius 2 is 1.85 bits per heavy atom. The van der Waals surface area contributed by atoms with Gasteiger partial charge in [0.1, 0.15) is 0 Å². The third kappa shape index (κ3) is 5.57. The Bertz CT molecular complexity index is 946. The van der Waals surface area contributed by atoms with Gasteiger partial charge in [-0.3, -0.25) is 19.3 Å². The summed E-state index contributed by atoms with van der Waals surface area (Å²) >= 11 is 6.42. The van der Waals surface area contributed by atoms with Crippen LogP contribution in [0.5, 0.6) is 0 Å². The zero-order valence-electron chi connectivity index (χ0n) is 20.6. The first-order valence-electron chi connectivity index (χ1n) is 12.6. The average Bonchev–Trinajstić information content (AvgIpc) is 3.43. The quantitative estimate of drug-likeness (QED) is 0.663. The number of hydrogen-bond acceptors (Lipinski definition) is 4. The van der Waals surface area contributed by atoms with E-state index >= 15 is 0 Å². The van der Waals surface area contributed by atoms with Crippen LogP contribution in [0.3, 0.4) is 0 Å². The molecule has 186 valence electrons. The molecular weight excluding hydrogens is 452 g/mol. The van der Waals surface area contributed by atoms with E-state index in [0.717, 1.165) is 56.6 Å². The summed E-state index contributed by atoms with van der Waals surface area (Å²) in [7, 11) is 1.78. The van der Waals surface area contributed by atoms with Crippen LogP contribution in [0.1, 0.15) is 56.6 Å². The lowest BCUT2D eigenvalue weighted by molar-refractivity contribution is -0.140. The highest BCUT2D eigenvalue weighted by molar-refractivity contribution is 6.31. The molecule has 2 atom stereocenters. The van der Waals surface area contributed by atoms with Gasteiger partial charge in [0.15, 0.2) is 0 Å². The Balaban J connectivity index is 1.37. The zero-order valence-corrected chi connectivity index (χ0v) is 21.4. The Kier molecular flexibility index (Phi) is 7.83. The number of nitrogens with one attached hydrogen (secondary N) is 1. The fraction of sp³-hybridized carbons (Fsp3) is 0.654. The molecule has 2 aliphatic heterocycles. The van der Waals surface area contributed by atoms with Crippen molar-refractivity contribution in [3.63, 3.8) is 0 Å². The van der Waals surface area contributed by atoms with E-state index in [1.54, 1.807) is 18.0 Å². The van der Waals surface area contributed by atoms with Gasteiger partial charge in [-0.15, -0.1) is 0 Å². The molecule has 1 aliphatic carbocycles. The number of halogens is 1. The van der Waals surface area contributed by atoms with Crippen LogP contribution in [0.4, 0.5) is 5.69 Å². The lowest BCUT2D eigenvalue weighted by Gasteiger charge is -2.41. The van der Waals surface area contributed by atoms with Gasteiger partial charge in [0.25, 0.3) is 0 Å². The largest absolute Gasteiger partial charge is 0.345 e. The molecule has 1 saturated carbocycles. The van der Waals surface area contributed by atoms with Crippen LogP contribution >= 0.6 is 11.6 Å². The van der Waals surface area contributed by atoms with E-state index in [-0.39, 0.29) is 36.1 Å². The molecule has 1 aromatic carbocycles. The van der Waals surface area contributed by atoms with Crippen LogP contribution in [0.2, 0.25) is 5.02 Å². The van der Waals surface area contributed by atoms with E-state index in [9.17, 15) is 14.4 Å². The second-order valence-electron chi connectivity index (χ2n) is 10.3. The van der Waals surface area contributed by atoms with E-state index in [4.69, 9.17) is 11.6 Å². The van der Waals surface area contributed by atoms with Crippen molar-refractivity contribution < 1.29 is 14.4 Å². The first-order valence-corrected chi connectivity index (χ1v) is 13.0. The van der Waals surface area contributed by atoms with Crippen LogP contribution in [-0.4, -0.2) is 71.7 Å². The summed E-state index contributed by atoms with van der Waals surface area (Å²) in [4.78, 5) is 43.8. The maximum absolute atomic E-state index is 12.9. The number of likely N-dealkylation sites (tertiary alicyclic amines) is 1. The lowest BCUT2D eigenvalue weighted by Crippen LogP contribution is -2.54. The summed E-state index contributed by atoms with van der Waals surface area (Å²) in [5, 5.41) is 3.57. The first-order chi connectivity index (χ1) is 16.2. The van der Waals surface area contributed by atoms with Crippen molar-refractivity contribution in [1.29, 1.82) is 0 Å². The fourth-order valence-corrected chi connectivity index (χ4v) is 5.93. The molecule has 3 aliphatic rings. The van der Waals surface area contributed by atoms with Crippen LogP contribution in [0.15, 0.2) is 12.1 Å². The second kappa shape index (κ2) is 10.6. The lowest BCUT2D eigenvalue weighted by atomic mass is 10.0. The van der Waals surface area contributed by atoms with Crippen LogP contribution in [0.25, 0.3) is 0 Å². The summed E-state index contributed by atoms with van der Waals surface area (Å²) < 4.78 is 0. The Labute approximate surface area is 207 Å². The zero-order chi connectivity index (χ0) is 24.4. The minimum Gasteiger partial charge on any atom is -0.345 e. The molecule has 7 nitrogen and oxygen atoms in total. The number of anilines is 1. The minimum atomic E-state index is -0.242. The predicted molar refractivity (Wildman–Crippen MR) is 134 cm³/mol. The monoisotopic (exact) mass is 488 g/mol. The molecule has 3 fully saturated rings. The molecular formula is C26H37ClN4O3. The number of carbonyl (C=O) groups excluding carboxylic acids is 3. The molecule has 2 heterocycles. The Morgan fingerprint density at radius 3 is 2.50 bits per heavy atom. The van der Waals surface area contributed by atoms with E-state index in [1.165, 1.54) is 12.8 Å². The number of hydrogen-bond donors (Lipinski definition) is 1. The molecule has 1 aromatic rings. The molecule has 0 aromatic heterocycles. The maximum Gasteiger partial charge on any atom is 0.226 e. The molecule has 0 unspecified atom stereocenters. The Hall–Kier alpha value is -2.12. The van der Waals surface area contributed by atoms with Gasteiger partial charge in [-0.05, 0) is 56.4 Å². The highest BCUT2D eigenvalue weighted by Gasteiger charge is 2.33. The van der Waals surface area contributed by atoms with Crippen molar-refractivity contribution >= 4 is 35.0 Å². The van der Waals surface area contributed by atoms with Crippen molar-refractivity contribution in [2.24, 2.45) is 11.8 Å². The number of nitrogens with zero attached hydrogens (tertiary/aromatic N) is 3. The molecule has 2 saturated heterocycles. The maximum atomic E-state index is 12.9. The average molecular weight is 489 g/mol. The molecule has 0 bridgehead atoms. The molecule has 4 rings (SSSR count). The van der Waals surface area contributed by atoms with Gasteiger partial charge in [0, 0.05) is 74.8 Å². The number of carbonyl (C=O) groups is 3. The number of benzene rings is 1. The summed E-state index contributed by atoms with van der Waals surface area (Å²) in [6, 6.07) is 3.92. The summed E-state index contributed by atoms with van der Waals surface area (Å²) in [6.07, 6.45) is 5.33. The molecule has 0 radical (unpaired) electrons. The van der Waals surface area contributed by atoms with E-state index in [0.29, 0.717) is 23.2 Å². The van der Waals surface area contributed by atoms with Gasteiger partial charge in [-0.1, -0.05) is 24.4 Å². The van der Waals surface area contributed by atoms with Crippen LogP contribution in [-0.2, 0) is 20.9 Å². The normalized spacial score (nSPS) is 24.2. The van der Waals surface area contributed by atoms with Gasteiger partial charge in [0.2, 0.25) is 17.7 Å². The van der Waals surface area contributed by atoms with E-state index in [2.05, 4.69) is 22.0 Å². The first kappa shape index (κ1) is 25.0. The van der Waals surface area contributed by atoms with Crippen LogP contribution in [0, 0.1) is 18.8 Å². The van der Waals surface area contributed by atoms with Gasteiger partial charge < -0.3 is 15.1 Å². The van der Waals surface area contributed by atoms with Crippen molar-refractivity contribution in [1.82, 2.24) is 14.7 Å². The van der Waals surface area contributed by atoms with E-state index in [1.807, 2.05) is 13.0 Å². The number of rotatable bonds is 6. The smallest absolute Gasteiger partial charge is 0.226 e. The number of piperazine rings is 1. The molecule has 1 N–H and O–H groups in total. The summed E-state index contributed by atoms with van der Waals surface area (Å²) in [5.41, 5.74) is 2.77. The number of amides is 3. The fourth-order valence-electron chi connectivity index (χ4n) is 5.69. The third-order valence-electron chi connectivity index (χ3n) is 7.82. The van der Waals surface area contributed by atoms with Gasteiger partial charge >= 0.3 is 0 Å². The Morgan fingerprint density at radius 1 is 1.12 bits per heavy atom. The molecule has 8 heteroatoms. The standard InChI is InChI=1S/C26H37ClN4O3/c1-17-15-30(10-11-31(17)26(34)19-6-4-5-7-19)16-21-12-22(27)14-23(18(21)2)28-24(32)13-20-8-9-29(3)25(20)33/h12,14,17,19-20H,4-11,13,15-16H2,1-3H3,(H,28,32)/t17-,20+/m0/s1. The third-order valence-corrected chi connectivity index (χ3v) is 8.04. The molecule has 0 spiro atoms. The highest BCUT2D eigenvalue weighted by Crippen LogP contribution is 2.30. The van der Waals surface area contributed by atoms with Crippen molar-refractivity contribution in [3.05, 3.63) is 28.3 Å². The highest BCUT2D eigenvalue weighted by atomic mass is 35.5. The summed E-state index contributed by atoms with van der Waals surface area (Å²) in [5.74, 6) is 0.195. The topological polar surface area (TPSA) is 73.0 Å². The molecule has 34 heavy (non-hydrogen) atoms. The predicted octanol–water partition coefficient (Wildman–Crippen LogP) is 3.68. The molecule has 3 amide bonds.